The van der Waals surface area contributed by atoms with Crippen LogP contribution in [0.3, 0.4) is 0 Å². The van der Waals surface area contributed by atoms with Gasteiger partial charge >= 0.3 is 37.9 Å². The van der Waals surface area contributed by atoms with Crippen LogP contribution in [0.4, 0.5) is 0 Å². The second kappa shape index (κ2) is 18.3. The summed E-state index contributed by atoms with van der Waals surface area (Å²) in [6.07, 6.45) is 0. The van der Waals surface area contributed by atoms with Crippen LogP contribution in [0.15, 0.2) is 0 Å². The predicted molar refractivity (Wildman–Crippen MR) is 23.5 cm³/mol. The molecule has 0 aliphatic rings. The van der Waals surface area contributed by atoms with Gasteiger partial charge in [-0.1, -0.05) is 0 Å². The summed E-state index contributed by atoms with van der Waals surface area (Å²) in [5.41, 5.74) is 0. The van der Waals surface area contributed by atoms with Crippen LogP contribution in [0.25, 0.3) is 0 Å². The first kappa shape index (κ1) is 9.62. The molecule has 0 radical (unpaired) electrons. The van der Waals surface area contributed by atoms with Gasteiger partial charge in [-0.15, -0.1) is 0 Å². The molecule has 0 heterocycles. The molecule has 32 valence electrons. The van der Waals surface area contributed by atoms with Crippen molar-refractivity contribution in [2.24, 2.45) is 0 Å². The molecular formula is H3AlO3Si2. The average Bonchev–Trinajstić information content (AvgIpc) is 1.72. The van der Waals surface area contributed by atoms with E-state index in [2.05, 4.69) is 0 Å². The van der Waals surface area contributed by atoms with Crippen LogP contribution in [-0.2, 0) is 12.7 Å². The minimum atomic E-state index is -0.940. The van der Waals surface area contributed by atoms with Crippen molar-refractivity contribution in [3.8, 4) is 0 Å². The van der Waals surface area contributed by atoms with E-state index in [4.69, 9.17) is 12.7 Å². The van der Waals surface area contributed by atoms with E-state index in [0.29, 0.717) is 16.2 Å². The van der Waals surface area contributed by atoms with Crippen molar-refractivity contribution in [2.75, 3.05) is 0 Å². The second-order valence-electron chi connectivity index (χ2n) is 0.272. The first-order valence-corrected chi connectivity index (χ1v) is 5.28. The van der Waals surface area contributed by atoms with Crippen molar-refractivity contribution >= 4 is 34.1 Å². The fourth-order valence-corrected chi connectivity index (χ4v) is 0. The molecule has 3 nitrogen and oxygen atoms in total. The van der Waals surface area contributed by atoms with Gasteiger partial charge in [0.1, 0.15) is 0 Å². The maximum absolute atomic E-state index is 9.11. The third-order valence-electron chi connectivity index (χ3n) is 0.0556. The molecule has 0 aliphatic carbocycles. The molecule has 0 spiro atoms. The third-order valence-corrected chi connectivity index (χ3v) is 0.500. The molecule has 0 bridgehead atoms. The van der Waals surface area contributed by atoms with Gasteiger partial charge in [0.2, 0.25) is 0 Å². The number of rotatable bonds is 1. The molecule has 0 saturated heterocycles. The van der Waals surface area contributed by atoms with Gasteiger partial charge in [0.05, 0.1) is 0 Å². The summed E-state index contributed by atoms with van der Waals surface area (Å²) in [6.45, 7) is 0. The summed E-state index contributed by atoms with van der Waals surface area (Å²) in [7, 11) is -1.88. The quantitative estimate of drug-likeness (QED) is 0.379. The first-order valence-electron chi connectivity index (χ1n) is 1.09. The van der Waals surface area contributed by atoms with Gasteiger partial charge in [0, 0.05) is 0 Å². The van der Waals surface area contributed by atoms with E-state index in [1.54, 1.807) is 0 Å². The van der Waals surface area contributed by atoms with Crippen molar-refractivity contribution in [2.45, 2.75) is 0 Å². The van der Waals surface area contributed by atoms with Gasteiger partial charge in [-0.05, 0) is 0 Å². The summed E-state index contributed by atoms with van der Waals surface area (Å²) in [5, 5.41) is 0. The summed E-state index contributed by atoms with van der Waals surface area (Å²) >= 11 is 0.611. The van der Waals surface area contributed by atoms with Gasteiger partial charge in [-0.25, -0.2) is 0 Å². The van der Waals surface area contributed by atoms with E-state index in [9.17, 15) is 0 Å². The van der Waals surface area contributed by atoms with Crippen LogP contribution < -0.4 is 0 Å². The molecule has 0 atom stereocenters. The van der Waals surface area contributed by atoms with Crippen LogP contribution in [0.5, 0.6) is 0 Å². The molecule has 0 aromatic carbocycles. The second-order valence-corrected chi connectivity index (χ2v) is 2.45. The molecule has 0 fully saturated rings. The van der Waals surface area contributed by atoms with Gasteiger partial charge in [-0.2, -0.15) is 0 Å². The maximum atomic E-state index is 9.11. The fourth-order valence-electron chi connectivity index (χ4n) is 0. The summed E-state index contributed by atoms with van der Waals surface area (Å²) < 4.78 is 26.5. The van der Waals surface area contributed by atoms with Crippen LogP contribution in [0.1, 0.15) is 0 Å². The van der Waals surface area contributed by atoms with Crippen molar-refractivity contribution in [1.82, 2.24) is 0 Å². The normalized spacial score (nSPS) is 3.83. The first-order chi connectivity index (χ1) is 2.91. The Balaban J connectivity index is 0. The molecule has 0 unspecified atom stereocenters. The summed E-state index contributed by atoms with van der Waals surface area (Å²) in [5.74, 6) is 0. The monoisotopic (exact) mass is 134 g/mol. The Kier molecular flexibility index (Phi) is 29.3. The van der Waals surface area contributed by atoms with Gasteiger partial charge in [-0.3, -0.25) is 0 Å². The molecule has 0 saturated carbocycles. The number of hydrogen-bond donors (Lipinski definition) is 0. The van der Waals surface area contributed by atoms with Gasteiger partial charge in [0.15, 0.2) is 0 Å². The van der Waals surface area contributed by atoms with Crippen LogP contribution in [-0.4, -0.2) is 34.1 Å². The van der Waals surface area contributed by atoms with E-state index < -0.39 is 17.8 Å². The molecule has 0 aliphatic heterocycles. The van der Waals surface area contributed by atoms with Crippen molar-refractivity contribution in [3.63, 3.8) is 0 Å². The molecule has 0 N–H and O–H groups in total. The van der Waals surface area contributed by atoms with E-state index in [-0.39, 0.29) is 0 Å². The standard InChI is InChI=1S/Al.H2O2Si2.O.H/c;1-3-4-2;;/h;3-4H;;. The molecule has 0 amide bonds. The van der Waals surface area contributed by atoms with Crippen molar-refractivity contribution < 1.29 is 12.7 Å². The van der Waals surface area contributed by atoms with Crippen LogP contribution in [0, 0.1) is 0 Å². The molecule has 6 heavy (non-hydrogen) atoms. The average molecular weight is 134 g/mol. The Bertz CT molecular complexity index is 38.1. The Hall–Kier alpha value is 0.366. The zero-order chi connectivity index (χ0) is 5.41. The van der Waals surface area contributed by atoms with Gasteiger partial charge < -0.3 is 8.92 Å². The zero-order valence-corrected chi connectivity index (χ0v) is 6.81. The minimum absolute atomic E-state index is 0.611. The predicted octanol–water partition coefficient (Wildman–Crippen LogP) is -2.30. The van der Waals surface area contributed by atoms with Crippen molar-refractivity contribution in [3.05, 3.63) is 0 Å². The molecular weight excluding hydrogens is 131 g/mol. The van der Waals surface area contributed by atoms with Crippen molar-refractivity contribution in [1.29, 1.82) is 0 Å². The van der Waals surface area contributed by atoms with E-state index >= 15 is 0 Å². The Morgan fingerprint density at radius 1 is 1.00 bits per heavy atom. The zero-order valence-electron chi connectivity index (χ0n) is 3.09. The molecule has 0 rings (SSSR count). The molecule has 6 heteroatoms. The van der Waals surface area contributed by atoms with Gasteiger partial charge in [0.25, 0.3) is 0 Å². The topological polar surface area (TPSA) is 51.2 Å². The summed E-state index contributed by atoms with van der Waals surface area (Å²) in [6, 6.07) is 0. The Morgan fingerprint density at radius 3 is 1.17 bits per heavy atom. The third kappa shape index (κ3) is 26.5. The van der Waals surface area contributed by atoms with Crippen LogP contribution in [0.2, 0.25) is 0 Å². The van der Waals surface area contributed by atoms with E-state index in [1.807, 2.05) is 0 Å². The number of hydrogen-bond acceptors (Lipinski definition) is 3. The van der Waals surface area contributed by atoms with Crippen LogP contribution >= 0.6 is 0 Å². The molecule has 0 aromatic rings. The summed E-state index contributed by atoms with van der Waals surface area (Å²) in [4.78, 5) is 0. The Morgan fingerprint density at radius 2 is 1.17 bits per heavy atom. The SMILES string of the molecule is O=[SiH][SiH]=O.[O]=[AlH]. The molecule has 0 aromatic heterocycles. The fraction of sp³-hybridized carbons (Fsp3) is 0. The van der Waals surface area contributed by atoms with E-state index in [1.165, 1.54) is 0 Å². The van der Waals surface area contributed by atoms with E-state index in [0.717, 1.165) is 0 Å². The Labute approximate surface area is 47.3 Å².